The first-order valence-corrected chi connectivity index (χ1v) is 5.44. The molecule has 0 radical (unpaired) electrons. The number of piperazine rings is 1. The van der Waals surface area contributed by atoms with Crippen LogP contribution in [-0.4, -0.2) is 61.5 Å². The lowest BCUT2D eigenvalue weighted by Crippen LogP contribution is -2.52. The van der Waals surface area contributed by atoms with Gasteiger partial charge < -0.3 is 15.2 Å². The third kappa shape index (κ3) is 3.92. The Labute approximate surface area is 86.2 Å². The maximum atomic E-state index is 9.66. The highest BCUT2D eigenvalue weighted by Gasteiger charge is 2.20. The van der Waals surface area contributed by atoms with Gasteiger partial charge in [-0.15, -0.1) is 0 Å². The van der Waals surface area contributed by atoms with Crippen molar-refractivity contribution in [3.05, 3.63) is 0 Å². The molecule has 0 bridgehead atoms. The summed E-state index contributed by atoms with van der Waals surface area (Å²) in [5.74, 6) is 0. The van der Waals surface area contributed by atoms with E-state index >= 15 is 0 Å². The lowest BCUT2D eigenvalue weighted by Gasteiger charge is -2.35. The molecular formula is C10H22N2O2. The van der Waals surface area contributed by atoms with Gasteiger partial charge in [0.25, 0.3) is 0 Å². The summed E-state index contributed by atoms with van der Waals surface area (Å²) in [6.07, 6.45) is -0.351. The number of hydrogen-bond donors (Lipinski definition) is 2. The molecule has 0 amide bonds. The topological polar surface area (TPSA) is 44.7 Å². The van der Waals surface area contributed by atoms with Gasteiger partial charge in [0, 0.05) is 38.8 Å². The molecule has 1 saturated heterocycles. The fourth-order valence-electron chi connectivity index (χ4n) is 1.73. The van der Waals surface area contributed by atoms with Crippen LogP contribution in [0.2, 0.25) is 0 Å². The molecule has 1 unspecified atom stereocenters. The molecule has 1 aliphatic heterocycles. The molecule has 2 atom stereocenters. The first kappa shape index (κ1) is 11.9. The number of ether oxygens (including phenoxy) is 1. The summed E-state index contributed by atoms with van der Waals surface area (Å²) in [4.78, 5) is 2.31. The molecule has 0 spiro atoms. The number of hydrogen-bond acceptors (Lipinski definition) is 4. The van der Waals surface area contributed by atoms with Gasteiger partial charge in [0.05, 0.1) is 12.7 Å². The van der Waals surface area contributed by atoms with Gasteiger partial charge >= 0.3 is 0 Å². The predicted molar refractivity (Wildman–Crippen MR) is 56.4 cm³/mol. The van der Waals surface area contributed by atoms with Crippen LogP contribution in [-0.2, 0) is 4.74 Å². The van der Waals surface area contributed by atoms with Crippen molar-refractivity contribution >= 4 is 0 Å². The summed E-state index contributed by atoms with van der Waals surface area (Å²) < 4.78 is 5.18. The highest BCUT2D eigenvalue weighted by Crippen LogP contribution is 2.03. The van der Waals surface area contributed by atoms with Gasteiger partial charge in [-0.05, 0) is 13.8 Å². The largest absolute Gasteiger partial charge is 0.389 e. The van der Waals surface area contributed by atoms with Gasteiger partial charge in [0.15, 0.2) is 0 Å². The summed E-state index contributed by atoms with van der Waals surface area (Å²) >= 11 is 0. The molecular weight excluding hydrogens is 180 g/mol. The number of rotatable bonds is 5. The number of nitrogens with one attached hydrogen (secondary N) is 1. The third-order valence-corrected chi connectivity index (χ3v) is 2.60. The molecule has 0 aromatic carbocycles. The summed E-state index contributed by atoms with van der Waals surface area (Å²) in [7, 11) is 0. The van der Waals surface area contributed by atoms with E-state index in [9.17, 15) is 5.11 Å². The molecule has 0 aliphatic carbocycles. The molecule has 14 heavy (non-hydrogen) atoms. The van der Waals surface area contributed by atoms with Crippen LogP contribution in [0, 0.1) is 0 Å². The predicted octanol–water partition coefficient (Wildman–Crippen LogP) is -0.322. The minimum atomic E-state index is -0.351. The van der Waals surface area contributed by atoms with Gasteiger partial charge in [-0.1, -0.05) is 0 Å². The highest BCUT2D eigenvalue weighted by atomic mass is 16.5. The molecule has 1 rings (SSSR count). The minimum Gasteiger partial charge on any atom is -0.389 e. The zero-order valence-corrected chi connectivity index (χ0v) is 9.20. The molecule has 1 heterocycles. The van der Waals surface area contributed by atoms with E-state index in [4.69, 9.17) is 4.74 Å². The molecule has 4 heteroatoms. The number of β-amino-alcohol motifs (C(OH)–C–C–N with tert-alkyl or cyclic N) is 1. The average Bonchev–Trinajstić information content (AvgIpc) is 2.18. The Kier molecular flexibility index (Phi) is 5.40. The van der Waals surface area contributed by atoms with Gasteiger partial charge in [0.2, 0.25) is 0 Å². The van der Waals surface area contributed by atoms with Gasteiger partial charge in [-0.25, -0.2) is 0 Å². The lowest BCUT2D eigenvalue weighted by atomic mass is 10.2. The Bertz CT molecular complexity index is 155. The Balaban J connectivity index is 2.20. The molecule has 84 valence electrons. The molecule has 1 aliphatic rings. The van der Waals surface area contributed by atoms with Crippen LogP contribution in [0.15, 0.2) is 0 Å². The maximum absolute atomic E-state index is 9.66. The lowest BCUT2D eigenvalue weighted by molar-refractivity contribution is 0.0101. The van der Waals surface area contributed by atoms with E-state index in [0.29, 0.717) is 19.3 Å². The highest BCUT2D eigenvalue weighted by molar-refractivity contribution is 4.77. The monoisotopic (exact) mass is 202 g/mol. The van der Waals surface area contributed by atoms with Crippen LogP contribution in [0.5, 0.6) is 0 Å². The summed E-state index contributed by atoms with van der Waals surface area (Å²) in [6.45, 7) is 9.03. The zero-order valence-electron chi connectivity index (χ0n) is 9.20. The standard InChI is InChI=1S/C10H22N2O2/c1-3-14-8-10(13)7-12-5-4-11-6-9(12)2/h9-11,13H,3-8H2,1-2H3/t9-,10?/m1/s1. The van der Waals surface area contributed by atoms with Crippen molar-refractivity contribution in [1.82, 2.24) is 10.2 Å². The Morgan fingerprint density at radius 1 is 1.64 bits per heavy atom. The van der Waals surface area contributed by atoms with Crippen LogP contribution < -0.4 is 5.32 Å². The normalized spacial score (nSPS) is 26.4. The van der Waals surface area contributed by atoms with E-state index in [1.807, 2.05) is 6.92 Å². The first-order chi connectivity index (χ1) is 6.74. The van der Waals surface area contributed by atoms with E-state index in [0.717, 1.165) is 26.2 Å². The number of aliphatic hydroxyl groups excluding tert-OH is 1. The Hall–Kier alpha value is -0.160. The molecule has 4 nitrogen and oxygen atoms in total. The van der Waals surface area contributed by atoms with Crippen LogP contribution >= 0.6 is 0 Å². The molecule has 2 N–H and O–H groups in total. The molecule has 1 fully saturated rings. The van der Waals surface area contributed by atoms with Crippen molar-refractivity contribution in [2.45, 2.75) is 26.0 Å². The smallest absolute Gasteiger partial charge is 0.0900 e. The SMILES string of the molecule is CCOCC(O)CN1CCNC[C@H]1C. The minimum absolute atomic E-state index is 0.351. The molecule has 0 aromatic rings. The molecule has 0 saturated carbocycles. The van der Waals surface area contributed by atoms with Crippen molar-refractivity contribution in [2.24, 2.45) is 0 Å². The van der Waals surface area contributed by atoms with Crippen molar-refractivity contribution in [3.8, 4) is 0 Å². The van der Waals surface area contributed by atoms with E-state index < -0.39 is 0 Å². The first-order valence-electron chi connectivity index (χ1n) is 5.44. The van der Waals surface area contributed by atoms with Crippen molar-refractivity contribution in [2.75, 3.05) is 39.4 Å². The summed E-state index contributed by atoms with van der Waals surface area (Å²) in [6, 6.07) is 0.514. The number of aliphatic hydroxyl groups is 1. The second-order valence-electron chi connectivity index (χ2n) is 3.86. The summed E-state index contributed by atoms with van der Waals surface area (Å²) in [5, 5.41) is 13.0. The van der Waals surface area contributed by atoms with Crippen molar-refractivity contribution < 1.29 is 9.84 Å². The van der Waals surface area contributed by atoms with E-state index in [1.54, 1.807) is 0 Å². The van der Waals surface area contributed by atoms with Gasteiger partial charge in [0.1, 0.15) is 0 Å². The van der Waals surface area contributed by atoms with Gasteiger partial charge in [-0.3, -0.25) is 4.90 Å². The van der Waals surface area contributed by atoms with Crippen LogP contribution in [0.3, 0.4) is 0 Å². The van der Waals surface area contributed by atoms with Crippen LogP contribution in [0.25, 0.3) is 0 Å². The number of nitrogens with zero attached hydrogens (tertiary/aromatic N) is 1. The van der Waals surface area contributed by atoms with E-state index in [2.05, 4.69) is 17.1 Å². The quantitative estimate of drug-likeness (QED) is 0.641. The second kappa shape index (κ2) is 6.35. The van der Waals surface area contributed by atoms with Crippen LogP contribution in [0.4, 0.5) is 0 Å². The van der Waals surface area contributed by atoms with Crippen molar-refractivity contribution in [1.29, 1.82) is 0 Å². The van der Waals surface area contributed by atoms with Crippen molar-refractivity contribution in [3.63, 3.8) is 0 Å². The van der Waals surface area contributed by atoms with E-state index in [-0.39, 0.29) is 6.10 Å². The van der Waals surface area contributed by atoms with E-state index in [1.165, 1.54) is 0 Å². The maximum Gasteiger partial charge on any atom is 0.0900 e. The molecule has 0 aromatic heterocycles. The Morgan fingerprint density at radius 3 is 3.07 bits per heavy atom. The fraction of sp³-hybridized carbons (Fsp3) is 1.00. The average molecular weight is 202 g/mol. The van der Waals surface area contributed by atoms with Gasteiger partial charge in [-0.2, -0.15) is 0 Å². The Morgan fingerprint density at radius 2 is 2.43 bits per heavy atom. The van der Waals surface area contributed by atoms with Crippen LogP contribution in [0.1, 0.15) is 13.8 Å². The second-order valence-corrected chi connectivity index (χ2v) is 3.86. The summed E-state index contributed by atoms with van der Waals surface area (Å²) in [5.41, 5.74) is 0. The third-order valence-electron chi connectivity index (χ3n) is 2.60. The fourth-order valence-corrected chi connectivity index (χ4v) is 1.73. The zero-order chi connectivity index (χ0) is 10.4.